The van der Waals surface area contributed by atoms with Crippen molar-refractivity contribution in [3.63, 3.8) is 0 Å². The molecule has 8 heteroatoms. The van der Waals surface area contributed by atoms with Crippen molar-refractivity contribution in [3.8, 4) is 0 Å². The molecule has 0 atom stereocenters. The fraction of sp³-hybridized carbons (Fsp3) is 0. The first-order chi connectivity index (χ1) is 10.8. The molecule has 2 N–H and O–H groups in total. The van der Waals surface area contributed by atoms with E-state index in [9.17, 15) is 17.6 Å². The highest BCUT2D eigenvalue weighted by molar-refractivity contribution is 7.92. The molecule has 0 heterocycles. The van der Waals surface area contributed by atoms with Gasteiger partial charge in [0.15, 0.2) is 0 Å². The third-order valence-electron chi connectivity index (χ3n) is 2.78. The van der Waals surface area contributed by atoms with Gasteiger partial charge in [-0.2, -0.15) is 0 Å². The summed E-state index contributed by atoms with van der Waals surface area (Å²) in [5, 5.41) is 8.34. The number of anilines is 1. The van der Waals surface area contributed by atoms with Crippen molar-refractivity contribution < 1.29 is 22.7 Å². The molecule has 0 aromatic heterocycles. The third-order valence-corrected chi connectivity index (χ3v) is 4.47. The van der Waals surface area contributed by atoms with Gasteiger partial charge in [-0.05, 0) is 42.0 Å². The number of carbonyl (C=O) groups is 1. The van der Waals surface area contributed by atoms with Crippen molar-refractivity contribution in [1.82, 2.24) is 0 Å². The maximum absolute atomic E-state index is 13.1. The number of aliphatic carboxylic acids is 1. The van der Waals surface area contributed by atoms with Gasteiger partial charge in [0.1, 0.15) is 5.82 Å². The Labute approximate surface area is 137 Å². The molecule has 2 aromatic rings. The summed E-state index contributed by atoms with van der Waals surface area (Å²) in [6.07, 6.45) is 2.29. The topological polar surface area (TPSA) is 83.5 Å². The second-order valence-corrected chi connectivity index (χ2v) is 6.56. The van der Waals surface area contributed by atoms with Crippen LogP contribution < -0.4 is 4.72 Å². The average molecular weight is 356 g/mol. The lowest BCUT2D eigenvalue weighted by Crippen LogP contribution is -2.12. The Morgan fingerprint density at radius 3 is 2.39 bits per heavy atom. The first kappa shape index (κ1) is 17.0. The minimum atomic E-state index is -3.86. The molecule has 0 aliphatic carbocycles. The monoisotopic (exact) mass is 355 g/mol. The van der Waals surface area contributed by atoms with Gasteiger partial charge < -0.3 is 5.11 Å². The summed E-state index contributed by atoms with van der Waals surface area (Å²) in [4.78, 5) is 10.4. The maximum Gasteiger partial charge on any atom is 0.328 e. The molecular weight excluding hydrogens is 345 g/mol. The molecule has 2 rings (SSSR count). The Hall–Kier alpha value is -2.38. The van der Waals surface area contributed by atoms with Gasteiger partial charge >= 0.3 is 5.97 Å². The average Bonchev–Trinajstić information content (AvgIpc) is 2.49. The van der Waals surface area contributed by atoms with Crippen LogP contribution in [0.2, 0.25) is 5.02 Å². The second kappa shape index (κ2) is 6.80. The molecule has 0 fully saturated rings. The van der Waals surface area contributed by atoms with E-state index in [1.807, 2.05) is 0 Å². The molecule has 0 amide bonds. The lowest BCUT2D eigenvalue weighted by Gasteiger charge is -2.09. The second-order valence-electron chi connectivity index (χ2n) is 4.47. The van der Waals surface area contributed by atoms with Gasteiger partial charge in [0.05, 0.1) is 15.6 Å². The van der Waals surface area contributed by atoms with Gasteiger partial charge in [-0.1, -0.05) is 23.7 Å². The Morgan fingerprint density at radius 1 is 1.17 bits per heavy atom. The van der Waals surface area contributed by atoms with Crippen LogP contribution in [0.4, 0.5) is 10.1 Å². The van der Waals surface area contributed by atoms with Crippen LogP contribution in [-0.4, -0.2) is 19.5 Å². The zero-order valence-electron chi connectivity index (χ0n) is 11.5. The van der Waals surface area contributed by atoms with Crippen LogP contribution in [0, 0.1) is 5.82 Å². The van der Waals surface area contributed by atoms with Gasteiger partial charge in [-0.25, -0.2) is 17.6 Å². The number of nitrogens with one attached hydrogen (secondary N) is 1. The van der Waals surface area contributed by atoms with Gasteiger partial charge in [0, 0.05) is 6.08 Å². The summed E-state index contributed by atoms with van der Waals surface area (Å²) in [5.41, 5.74) is 0.669. The molecule has 5 nitrogen and oxygen atoms in total. The van der Waals surface area contributed by atoms with E-state index < -0.39 is 21.8 Å². The lowest BCUT2D eigenvalue weighted by atomic mass is 10.2. The normalized spacial score (nSPS) is 11.6. The molecule has 23 heavy (non-hydrogen) atoms. The Kier molecular flexibility index (Phi) is 5.02. The third kappa shape index (κ3) is 4.54. The Bertz CT molecular complexity index is 864. The van der Waals surface area contributed by atoms with E-state index in [1.165, 1.54) is 42.5 Å². The van der Waals surface area contributed by atoms with Crippen LogP contribution in [0.1, 0.15) is 5.56 Å². The standard InChI is InChI=1S/C15H11ClFNO4S/c16-13-9-11(4-7-14(13)17)18-23(21,22)12-5-1-10(2-6-12)3-8-15(19)20/h1-9,18H,(H,19,20). The van der Waals surface area contributed by atoms with E-state index in [2.05, 4.69) is 4.72 Å². The van der Waals surface area contributed by atoms with E-state index in [0.717, 1.165) is 12.1 Å². The van der Waals surface area contributed by atoms with E-state index in [0.29, 0.717) is 5.56 Å². The number of carboxylic acid groups (broad SMARTS) is 1. The molecular formula is C15H11ClFNO4S. The first-order valence-electron chi connectivity index (χ1n) is 6.27. The van der Waals surface area contributed by atoms with Crippen LogP contribution in [0.3, 0.4) is 0 Å². The zero-order chi connectivity index (χ0) is 17.0. The highest BCUT2D eigenvalue weighted by atomic mass is 35.5. The van der Waals surface area contributed by atoms with Crippen molar-refractivity contribution >= 4 is 39.4 Å². The number of benzene rings is 2. The fourth-order valence-electron chi connectivity index (χ4n) is 1.70. The lowest BCUT2D eigenvalue weighted by molar-refractivity contribution is -0.131. The van der Waals surface area contributed by atoms with Crippen molar-refractivity contribution in [2.45, 2.75) is 4.90 Å². The number of hydrogen-bond donors (Lipinski definition) is 2. The number of hydrogen-bond acceptors (Lipinski definition) is 3. The van der Waals surface area contributed by atoms with E-state index in [4.69, 9.17) is 16.7 Å². The first-order valence-corrected chi connectivity index (χ1v) is 8.13. The van der Waals surface area contributed by atoms with Gasteiger partial charge in [0.25, 0.3) is 10.0 Å². The predicted molar refractivity (Wildman–Crippen MR) is 85.3 cm³/mol. The number of rotatable bonds is 5. The summed E-state index contributed by atoms with van der Waals surface area (Å²) >= 11 is 5.60. The van der Waals surface area contributed by atoms with Crippen LogP contribution >= 0.6 is 11.6 Å². The molecule has 0 unspecified atom stereocenters. The maximum atomic E-state index is 13.1. The van der Waals surface area contributed by atoms with Gasteiger partial charge in [0.2, 0.25) is 0 Å². The molecule has 2 aromatic carbocycles. The van der Waals surface area contributed by atoms with Crippen molar-refractivity contribution in [2.75, 3.05) is 4.72 Å². The highest BCUT2D eigenvalue weighted by Gasteiger charge is 2.14. The molecule has 0 aliphatic heterocycles. The minimum Gasteiger partial charge on any atom is -0.478 e. The molecule has 0 aliphatic rings. The SMILES string of the molecule is O=C(O)C=Cc1ccc(S(=O)(=O)Nc2ccc(F)c(Cl)c2)cc1. The highest BCUT2D eigenvalue weighted by Crippen LogP contribution is 2.22. The molecule has 0 bridgehead atoms. The van der Waals surface area contributed by atoms with Gasteiger partial charge in [-0.3, -0.25) is 4.72 Å². The van der Waals surface area contributed by atoms with Crippen LogP contribution in [0.5, 0.6) is 0 Å². The molecule has 120 valence electrons. The summed E-state index contributed by atoms with van der Waals surface area (Å²) in [6, 6.07) is 9.06. The smallest absolute Gasteiger partial charge is 0.328 e. The van der Waals surface area contributed by atoms with E-state index in [1.54, 1.807) is 0 Å². The molecule has 0 radical (unpaired) electrons. The largest absolute Gasteiger partial charge is 0.478 e. The Balaban J connectivity index is 2.22. The quantitative estimate of drug-likeness (QED) is 0.805. The Morgan fingerprint density at radius 2 is 1.83 bits per heavy atom. The number of sulfonamides is 1. The molecule has 0 saturated carbocycles. The van der Waals surface area contributed by atoms with Crippen LogP contribution in [0.25, 0.3) is 6.08 Å². The summed E-state index contributed by atoms with van der Waals surface area (Å²) < 4.78 is 39.8. The number of halogens is 2. The summed E-state index contributed by atoms with van der Waals surface area (Å²) in [5.74, 6) is -1.75. The predicted octanol–water partition coefficient (Wildman–Crippen LogP) is 3.38. The van der Waals surface area contributed by atoms with Crippen molar-refractivity contribution in [2.24, 2.45) is 0 Å². The van der Waals surface area contributed by atoms with Crippen LogP contribution in [-0.2, 0) is 14.8 Å². The molecule has 0 spiro atoms. The van der Waals surface area contributed by atoms with Crippen LogP contribution in [0.15, 0.2) is 53.4 Å². The number of carboxylic acids is 1. The zero-order valence-corrected chi connectivity index (χ0v) is 13.1. The fourth-order valence-corrected chi connectivity index (χ4v) is 2.93. The van der Waals surface area contributed by atoms with E-state index in [-0.39, 0.29) is 15.6 Å². The van der Waals surface area contributed by atoms with Crippen molar-refractivity contribution in [3.05, 3.63) is 64.9 Å². The van der Waals surface area contributed by atoms with Gasteiger partial charge in [-0.15, -0.1) is 0 Å². The molecule has 0 saturated heterocycles. The summed E-state index contributed by atoms with van der Waals surface area (Å²) in [7, 11) is -3.86. The van der Waals surface area contributed by atoms with E-state index >= 15 is 0 Å². The van der Waals surface area contributed by atoms with Crippen molar-refractivity contribution in [1.29, 1.82) is 0 Å². The summed E-state index contributed by atoms with van der Waals surface area (Å²) in [6.45, 7) is 0. The minimum absolute atomic E-state index is 0.0228.